The SMILES string of the molecule is COc1ccc(OCC(=O)Nc2ccccc2I)cc1. The van der Waals surface area contributed by atoms with Crippen molar-refractivity contribution >= 4 is 34.2 Å². The molecule has 0 spiro atoms. The number of nitrogens with one attached hydrogen (secondary N) is 1. The highest BCUT2D eigenvalue weighted by molar-refractivity contribution is 14.1. The summed E-state index contributed by atoms with van der Waals surface area (Å²) in [6, 6.07) is 14.7. The van der Waals surface area contributed by atoms with Gasteiger partial charge < -0.3 is 14.8 Å². The largest absolute Gasteiger partial charge is 0.497 e. The zero-order chi connectivity index (χ0) is 14.4. The van der Waals surface area contributed by atoms with Gasteiger partial charge in [0.15, 0.2) is 6.61 Å². The van der Waals surface area contributed by atoms with E-state index < -0.39 is 0 Å². The molecule has 0 heterocycles. The van der Waals surface area contributed by atoms with Crippen LogP contribution in [0.1, 0.15) is 0 Å². The number of hydrogen-bond donors (Lipinski definition) is 1. The second-order valence-corrected chi connectivity index (χ2v) is 5.15. The zero-order valence-corrected chi connectivity index (χ0v) is 13.1. The minimum absolute atomic E-state index is 0.0305. The van der Waals surface area contributed by atoms with Gasteiger partial charge in [0.1, 0.15) is 11.5 Å². The highest BCUT2D eigenvalue weighted by Crippen LogP contribution is 2.18. The van der Waals surface area contributed by atoms with Crippen LogP contribution in [0.5, 0.6) is 11.5 Å². The molecule has 1 N–H and O–H groups in total. The van der Waals surface area contributed by atoms with Gasteiger partial charge >= 0.3 is 0 Å². The summed E-state index contributed by atoms with van der Waals surface area (Å²) in [5, 5.41) is 2.81. The van der Waals surface area contributed by atoms with Crippen molar-refractivity contribution in [1.29, 1.82) is 0 Å². The predicted molar refractivity (Wildman–Crippen MR) is 86.3 cm³/mol. The number of ether oxygens (including phenoxy) is 2. The average molecular weight is 383 g/mol. The fourth-order valence-electron chi connectivity index (χ4n) is 1.57. The van der Waals surface area contributed by atoms with Crippen molar-refractivity contribution in [3.8, 4) is 11.5 Å². The fraction of sp³-hybridized carbons (Fsp3) is 0.133. The number of anilines is 1. The van der Waals surface area contributed by atoms with E-state index in [-0.39, 0.29) is 12.5 Å². The van der Waals surface area contributed by atoms with E-state index >= 15 is 0 Å². The lowest BCUT2D eigenvalue weighted by molar-refractivity contribution is -0.118. The molecule has 0 unspecified atom stereocenters. The van der Waals surface area contributed by atoms with Crippen LogP contribution < -0.4 is 14.8 Å². The second-order valence-electron chi connectivity index (χ2n) is 3.99. The third kappa shape index (κ3) is 4.12. The van der Waals surface area contributed by atoms with Crippen LogP contribution in [0.4, 0.5) is 5.69 Å². The number of rotatable bonds is 5. The summed E-state index contributed by atoms with van der Waals surface area (Å²) in [6.07, 6.45) is 0. The highest BCUT2D eigenvalue weighted by Gasteiger charge is 2.06. The second kappa shape index (κ2) is 7.14. The Morgan fingerprint density at radius 2 is 1.75 bits per heavy atom. The lowest BCUT2D eigenvalue weighted by Crippen LogP contribution is -2.20. The minimum Gasteiger partial charge on any atom is -0.497 e. The first-order chi connectivity index (χ1) is 9.69. The molecule has 1 amide bonds. The summed E-state index contributed by atoms with van der Waals surface area (Å²) in [6.45, 7) is -0.0305. The molecule has 2 aromatic rings. The van der Waals surface area contributed by atoms with Crippen molar-refractivity contribution < 1.29 is 14.3 Å². The van der Waals surface area contributed by atoms with Gasteiger partial charge in [-0.3, -0.25) is 4.79 Å². The minimum atomic E-state index is -0.190. The Kier molecular flexibility index (Phi) is 5.23. The maximum atomic E-state index is 11.8. The number of carbonyl (C=O) groups excluding carboxylic acids is 1. The van der Waals surface area contributed by atoms with Crippen LogP contribution in [0.15, 0.2) is 48.5 Å². The number of amides is 1. The molecule has 20 heavy (non-hydrogen) atoms. The molecule has 0 bridgehead atoms. The molecule has 0 aromatic heterocycles. The van der Waals surface area contributed by atoms with Gasteiger partial charge in [-0.1, -0.05) is 12.1 Å². The molecule has 2 aromatic carbocycles. The van der Waals surface area contributed by atoms with Crippen LogP contribution in [-0.4, -0.2) is 19.6 Å². The maximum Gasteiger partial charge on any atom is 0.262 e. The number of benzene rings is 2. The summed E-state index contributed by atoms with van der Waals surface area (Å²) in [5.41, 5.74) is 0.788. The van der Waals surface area contributed by atoms with Crippen molar-refractivity contribution in [2.24, 2.45) is 0 Å². The molecule has 5 heteroatoms. The molecular formula is C15H14INO3. The molecule has 0 aliphatic heterocycles. The first-order valence-electron chi connectivity index (χ1n) is 6.00. The molecule has 0 atom stereocenters. The van der Waals surface area contributed by atoms with Crippen molar-refractivity contribution in [2.45, 2.75) is 0 Å². The summed E-state index contributed by atoms with van der Waals surface area (Å²) >= 11 is 2.17. The Morgan fingerprint density at radius 1 is 1.10 bits per heavy atom. The van der Waals surface area contributed by atoms with Gasteiger partial charge in [0.2, 0.25) is 0 Å². The molecule has 0 saturated heterocycles. The quantitative estimate of drug-likeness (QED) is 0.806. The standard InChI is InChI=1S/C15H14INO3/c1-19-11-6-8-12(9-7-11)20-10-15(18)17-14-5-3-2-4-13(14)16/h2-9H,10H2,1H3,(H,17,18). The highest BCUT2D eigenvalue weighted by atomic mass is 127. The maximum absolute atomic E-state index is 11.8. The number of halogens is 1. The lowest BCUT2D eigenvalue weighted by Gasteiger charge is -2.09. The van der Waals surface area contributed by atoms with E-state index in [2.05, 4.69) is 27.9 Å². The van der Waals surface area contributed by atoms with Gasteiger partial charge in [-0.15, -0.1) is 0 Å². The van der Waals surface area contributed by atoms with E-state index in [1.807, 2.05) is 24.3 Å². The Bertz CT molecular complexity index is 584. The topological polar surface area (TPSA) is 47.6 Å². The van der Waals surface area contributed by atoms with Crippen molar-refractivity contribution in [3.05, 3.63) is 52.1 Å². The monoisotopic (exact) mass is 383 g/mol. The van der Waals surface area contributed by atoms with Gasteiger partial charge in [-0.05, 0) is 59.0 Å². The third-order valence-corrected chi connectivity index (χ3v) is 3.52. The van der Waals surface area contributed by atoms with Crippen LogP contribution >= 0.6 is 22.6 Å². The molecule has 0 saturated carbocycles. The Morgan fingerprint density at radius 3 is 2.40 bits per heavy atom. The molecular weight excluding hydrogens is 369 g/mol. The predicted octanol–water partition coefficient (Wildman–Crippen LogP) is 3.32. The van der Waals surface area contributed by atoms with E-state index in [4.69, 9.17) is 9.47 Å². The van der Waals surface area contributed by atoms with Gasteiger partial charge in [0.25, 0.3) is 5.91 Å². The van der Waals surface area contributed by atoms with Crippen molar-refractivity contribution in [1.82, 2.24) is 0 Å². The first-order valence-corrected chi connectivity index (χ1v) is 7.08. The normalized spacial score (nSPS) is 9.90. The third-order valence-electron chi connectivity index (χ3n) is 2.58. The summed E-state index contributed by atoms with van der Waals surface area (Å²) in [5.74, 6) is 1.19. The Labute approximate surface area is 131 Å². The van der Waals surface area contributed by atoms with Gasteiger partial charge in [-0.2, -0.15) is 0 Å². The van der Waals surface area contributed by atoms with E-state index in [0.29, 0.717) is 5.75 Å². The van der Waals surface area contributed by atoms with Gasteiger partial charge in [0, 0.05) is 3.57 Å². The van der Waals surface area contributed by atoms with Gasteiger partial charge in [0.05, 0.1) is 12.8 Å². The van der Waals surface area contributed by atoms with Crippen LogP contribution in [0, 0.1) is 3.57 Å². The van der Waals surface area contributed by atoms with Crippen LogP contribution in [0.3, 0.4) is 0 Å². The van der Waals surface area contributed by atoms with E-state index in [1.165, 1.54) is 0 Å². The van der Waals surface area contributed by atoms with E-state index in [1.54, 1.807) is 31.4 Å². The summed E-state index contributed by atoms with van der Waals surface area (Å²) in [7, 11) is 1.60. The molecule has 0 aliphatic rings. The Hall–Kier alpha value is -1.76. The number of para-hydroxylation sites is 1. The van der Waals surface area contributed by atoms with Crippen LogP contribution in [0.2, 0.25) is 0 Å². The first kappa shape index (κ1) is 14.6. The van der Waals surface area contributed by atoms with Gasteiger partial charge in [-0.25, -0.2) is 0 Å². The zero-order valence-electron chi connectivity index (χ0n) is 10.9. The van der Waals surface area contributed by atoms with Crippen LogP contribution in [-0.2, 0) is 4.79 Å². The molecule has 2 rings (SSSR count). The summed E-state index contributed by atoms with van der Waals surface area (Å²) in [4.78, 5) is 11.8. The van der Waals surface area contributed by atoms with Crippen molar-refractivity contribution in [3.63, 3.8) is 0 Å². The average Bonchev–Trinajstić information content (AvgIpc) is 2.48. The molecule has 4 nitrogen and oxygen atoms in total. The number of methoxy groups -OCH3 is 1. The molecule has 104 valence electrons. The van der Waals surface area contributed by atoms with E-state index in [9.17, 15) is 4.79 Å². The van der Waals surface area contributed by atoms with E-state index in [0.717, 1.165) is 15.0 Å². The summed E-state index contributed by atoms with van der Waals surface area (Å²) < 4.78 is 11.4. The smallest absolute Gasteiger partial charge is 0.262 e. The molecule has 0 radical (unpaired) electrons. The number of carbonyl (C=O) groups is 1. The fourth-order valence-corrected chi connectivity index (χ4v) is 2.09. The Balaban J connectivity index is 1.87. The van der Waals surface area contributed by atoms with Crippen molar-refractivity contribution in [2.75, 3.05) is 19.0 Å². The van der Waals surface area contributed by atoms with Crippen LogP contribution in [0.25, 0.3) is 0 Å². The molecule has 0 aliphatic carbocycles. The lowest BCUT2D eigenvalue weighted by atomic mass is 10.3. The molecule has 0 fully saturated rings. The number of hydrogen-bond acceptors (Lipinski definition) is 3.